The molecule has 0 saturated carbocycles. The highest BCUT2D eigenvalue weighted by atomic mass is 14.7. The maximum Gasteiger partial charge on any atom is 0.0419 e. The number of rotatable bonds is 5. The highest BCUT2D eigenvalue weighted by Gasteiger charge is 2.05. The quantitative estimate of drug-likeness (QED) is 0.860. The van der Waals surface area contributed by atoms with Gasteiger partial charge < -0.3 is 11.5 Å². The summed E-state index contributed by atoms with van der Waals surface area (Å²) in [5.74, 6) is 0. The molecule has 0 radical (unpaired) electrons. The molecule has 0 aromatic heterocycles. The molecule has 0 spiro atoms. The van der Waals surface area contributed by atoms with Crippen molar-refractivity contribution in [1.82, 2.24) is 0 Å². The minimum atomic E-state index is -0.0840. The summed E-state index contributed by atoms with van der Waals surface area (Å²) >= 11 is 0. The van der Waals surface area contributed by atoms with Crippen LogP contribution in [0.3, 0.4) is 0 Å². The molecule has 0 heterocycles. The monoisotopic (exact) mass is 254 g/mol. The highest BCUT2D eigenvalue weighted by Crippen LogP contribution is 2.23. The van der Waals surface area contributed by atoms with Crippen molar-refractivity contribution in [2.75, 3.05) is 6.54 Å². The fraction of sp³-hybridized carbons (Fsp3) is 0.294. The average molecular weight is 254 g/mol. The van der Waals surface area contributed by atoms with Gasteiger partial charge in [-0.1, -0.05) is 55.8 Å². The Morgan fingerprint density at radius 1 is 1.00 bits per heavy atom. The van der Waals surface area contributed by atoms with Gasteiger partial charge >= 0.3 is 0 Å². The second-order valence-electron chi connectivity index (χ2n) is 4.91. The van der Waals surface area contributed by atoms with Crippen LogP contribution in [0.5, 0.6) is 0 Å². The summed E-state index contributed by atoms with van der Waals surface area (Å²) in [4.78, 5) is 0. The van der Waals surface area contributed by atoms with Crippen LogP contribution in [0.25, 0.3) is 11.1 Å². The topological polar surface area (TPSA) is 52.0 Å². The smallest absolute Gasteiger partial charge is 0.0419 e. The van der Waals surface area contributed by atoms with E-state index in [9.17, 15) is 0 Å². The molecule has 0 amide bonds. The van der Waals surface area contributed by atoms with Crippen LogP contribution in [-0.2, 0) is 6.42 Å². The van der Waals surface area contributed by atoms with Crippen LogP contribution in [0.4, 0.5) is 0 Å². The van der Waals surface area contributed by atoms with E-state index < -0.39 is 0 Å². The Kier molecular flexibility index (Phi) is 4.72. The second-order valence-corrected chi connectivity index (χ2v) is 4.91. The van der Waals surface area contributed by atoms with Gasteiger partial charge in [-0.25, -0.2) is 0 Å². The second kappa shape index (κ2) is 6.50. The van der Waals surface area contributed by atoms with E-state index in [4.69, 9.17) is 11.5 Å². The minimum Gasteiger partial charge on any atom is -0.329 e. The molecule has 1 unspecified atom stereocenters. The number of aryl methyl sites for hydroxylation is 1. The van der Waals surface area contributed by atoms with Crippen LogP contribution >= 0.6 is 0 Å². The normalized spacial score (nSPS) is 12.4. The van der Waals surface area contributed by atoms with Crippen molar-refractivity contribution >= 4 is 0 Å². The van der Waals surface area contributed by atoms with E-state index in [-0.39, 0.29) is 6.04 Å². The molecule has 2 rings (SSSR count). The molecule has 0 saturated heterocycles. The van der Waals surface area contributed by atoms with Crippen molar-refractivity contribution in [3.8, 4) is 11.1 Å². The zero-order valence-electron chi connectivity index (χ0n) is 11.5. The number of hydrogen-bond donors (Lipinski definition) is 2. The van der Waals surface area contributed by atoms with Crippen LogP contribution < -0.4 is 11.5 Å². The maximum absolute atomic E-state index is 5.98. The van der Waals surface area contributed by atoms with Crippen molar-refractivity contribution in [2.45, 2.75) is 25.8 Å². The van der Waals surface area contributed by atoms with Crippen molar-refractivity contribution < 1.29 is 0 Å². The third-order valence-corrected chi connectivity index (χ3v) is 3.39. The molecule has 2 nitrogen and oxygen atoms in total. The van der Waals surface area contributed by atoms with Gasteiger partial charge in [0.1, 0.15) is 0 Å². The van der Waals surface area contributed by atoms with E-state index in [1.54, 1.807) is 0 Å². The molecule has 0 aliphatic heterocycles. The molecule has 2 heteroatoms. The lowest BCUT2D eigenvalue weighted by atomic mass is 9.98. The Morgan fingerprint density at radius 2 is 1.74 bits per heavy atom. The summed E-state index contributed by atoms with van der Waals surface area (Å²) in [6, 6.07) is 17.0. The van der Waals surface area contributed by atoms with Gasteiger partial charge in [-0.3, -0.25) is 0 Å². The first-order valence-corrected chi connectivity index (χ1v) is 6.89. The average Bonchev–Trinajstić information content (AvgIpc) is 2.48. The predicted molar refractivity (Wildman–Crippen MR) is 81.9 cm³/mol. The molecular weight excluding hydrogens is 232 g/mol. The summed E-state index contributed by atoms with van der Waals surface area (Å²) in [6.07, 6.45) is 2.32. The first-order chi connectivity index (χ1) is 9.24. The van der Waals surface area contributed by atoms with E-state index >= 15 is 0 Å². The molecule has 0 fully saturated rings. The van der Waals surface area contributed by atoms with E-state index in [2.05, 4.69) is 43.3 Å². The lowest BCUT2D eigenvalue weighted by molar-refractivity contribution is 0.737. The third kappa shape index (κ3) is 3.43. The van der Waals surface area contributed by atoms with E-state index in [0.29, 0.717) is 6.54 Å². The number of benzene rings is 2. The lowest BCUT2D eigenvalue weighted by Gasteiger charge is -2.11. The fourth-order valence-electron chi connectivity index (χ4n) is 2.24. The summed E-state index contributed by atoms with van der Waals surface area (Å²) < 4.78 is 0. The van der Waals surface area contributed by atoms with Crippen LogP contribution in [0.2, 0.25) is 0 Å². The number of hydrogen-bond acceptors (Lipinski definition) is 2. The van der Waals surface area contributed by atoms with Crippen LogP contribution in [0.1, 0.15) is 30.5 Å². The van der Waals surface area contributed by atoms with Gasteiger partial charge in [0.2, 0.25) is 0 Å². The van der Waals surface area contributed by atoms with Crippen LogP contribution in [0, 0.1) is 0 Å². The van der Waals surface area contributed by atoms with Crippen LogP contribution in [0.15, 0.2) is 48.5 Å². The Morgan fingerprint density at radius 3 is 2.37 bits per heavy atom. The molecule has 0 bridgehead atoms. The summed E-state index contributed by atoms with van der Waals surface area (Å²) in [5, 5.41) is 0. The van der Waals surface area contributed by atoms with Gasteiger partial charge in [0.15, 0.2) is 0 Å². The van der Waals surface area contributed by atoms with Crippen molar-refractivity contribution in [1.29, 1.82) is 0 Å². The Labute approximate surface area is 115 Å². The van der Waals surface area contributed by atoms with Crippen molar-refractivity contribution in [2.24, 2.45) is 11.5 Å². The molecule has 19 heavy (non-hydrogen) atoms. The van der Waals surface area contributed by atoms with Crippen molar-refractivity contribution in [3.63, 3.8) is 0 Å². The SMILES string of the molecule is CCCc1ccc(-c2cccc(C(N)CN)c2)cc1. The fourth-order valence-corrected chi connectivity index (χ4v) is 2.24. The molecule has 0 aliphatic rings. The Bertz CT molecular complexity index is 517. The van der Waals surface area contributed by atoms with Crippen LogP contribution in [-0.4, -0.2) is 6.54 Å². The Balaban J connectivity index is 2.26. The molecule has 4 N–H and O–H groups in total. The zero-order chi connectivity index (χ0) is 13.7. The van der Waals surface area contributed by atoms with Gasteiger partial charge in [-0.2, -0.15) is 0 Å². The van der Waals surface area contributed by atoms with Crippen molar-refractivity contribution in [3.05, 3.63) is 59.7 Å². The zero-order valence-corrected chi connectivity index (χ0v) is 11.5. The largest absolute Gasteiger partial charge is 0.329 e. The third-order valence-electron chi connectivity index (χ3n) is 3.39. The number of nitrogens with two attached hydrogens (primary N) is 2. The summed E-state index contributed by atoms with van der Waals surface area (Å²) in [6.45, 7) is 2.67. The molecule has 2 aromatic carbocycles. The summed E-state index contributed by atoms with van der Waals surface area (Å²) in [5.41, 5.74) is 16.5. The summed E-state index contributed by atoms with van der Waals surface area (Å²) in [7, 11) is 0. The minimum absolute atomic E-state index is 0.0840. The standard InChI is InChI=1S/C17H22N2/c1-2-4-13-7-9-14(10-8-13)15-5-3-6-16(11-15)17(19)12-18/h3,5-11,17H,2,4,12,18-19H2,1H3. The van der Waals surface area contributed by atoms with Gasteiger partial charge in [0.05, 0.1) is 0 Å². The molecule has 2 aromatic rings. The van der Waals surface area contributed by atoms with Gasteiger partial charge in [-0.15, -0.1) is 0 Å². The maximum atomic E-state index is 5.98. The first-order valence-electron chi connectivity index (χ1n) is 6.89. The van der Waals surface area contributed by atoms with E-state index in [1.807, 2.05) is 12.1 Å². The molecule has 0 aliphatic carbocycles. The van der Waals surface area contributed by atoms with E-state index in [0.717, 1.165) is 12.0 Å². The predicted octanol–water partition coefficient (Wildman–Crippen LogP) is 3.26. The van der Waals surface area contributed by atoms with Gasteiger partial charge in [-0.05, 0) is 34.7 Å². The lowest BCUT2D eigenvalue weighted by Crippen LogP contribution is -2.20. The van der Waals surface area contributed by atoms with Gasteiger partial charge in [0.25, 0.3) is 0 Å². The Hall–Kier alpha value is -1.64. The highest BCUT2D eigenvalue weighted by molar-refractivity contribution is 5.64. The molecule has 1 atom stereocenters. The molecular formula is C17H22N2. The molecule has 100 valence electrons. The van der Waals surface area contributed by atoms with Gasteiger partial charge in [0, 0.05) is 12.6 Å². The van der Waals surface area contributed by atoms with E-state index in [1.165, 1.54) is 23.1 Å². The first kappa shape index (κ1) is 13.8.